The Hall–Kier alpha value is -1.40. The van der Waals surface area contributed by atoms with Gasteiger partial charge in [0.15, 0.2) is 6.29 Å². The number of anilines is 1. The molecule has 1 N–H and O–H groups in total. The Morgan fingerprint density at radius 1 is 1.58 bits per heavy atom. The standard InChI is InChI=1S/C13H18N2O3S/c1-9(2)14-13(17)11-8-18-6-5-15(11)12-4-3-10(7-16)19-12/h3-4,7,9,11H,5-6,8H2,1-2H3,(H,14,17). The molecule has 0 saturated carbocycles. The van der Waals surface area contributed by atoms with Crippen molar-refractivity contribution in [2.75, 3.05) is 24.7 Å². The summed E-state index contributed by atoms with van der Waals surface area (Å²) in [4.78, 5) is 25.6. The number of nitrogens with one attached hydrogen (secondary N) is 1. The molecule has 0 aliphatic carbocycles. The number of ether oxygens (including phenoxy) is 1. The first kappa shape index (κ1) is 14.0. The highest BCUT2D eigenvalue weighted by Crippen LogP contribution is 2.28. The molecule has 5 nitrogen and oxygen atoms in total. The number of aldehydes is 1. The molecule has 2 rings (SSSR count). The Bertz CT molecular complexity index is 458. The van der Waals surface area contributed by atoms with Gasteiger partial charge in [-0.2, -0.15) is 0 Å². The van der Waals surface area contributed by atoms with Crippen LogP contribution in [0.1, 0.15) is 23.5 Å². The van der Waals surface area contributed by atoms with Crippen molar-refractivity contribution in [1.82, 2.24) is 5.32 Å². The number of hydrogen-bond acceptors (Lipinski definition) is 5. The van der Waals surface area contributed by atoms with E-state index >= 15 is 0 Å². The van der Waals surface area contributed by atoms with Crippen molar-refractivity contribution in [3.8, 4) is 0 Å². The minimum atomic E-state index is -0.325. The van der Waals surface area contributed by atoms with Crippen molar-refractivity contribution >= 4 is 28.5 Å². The van der Waals surface area contributed by atoms with Gasteiger partial charge in [0.25, 0.3) is 0 Å². The summed E-state index contributed by atoms with van der Waals surface area (Å²) in [6.07, 6.45) is 0.831. The maximum Gasteiger partial charge on any atom is 0.245 e. The van der Waals surface area contributed by atoms with Crippen LogP contribution >= 0.6 is 11.3 Å². The molecule has 19 heavy (non-hydrogen) atoms. The molecule has 1 aromatic heterocycles. The minimum Gasteiger partial charge on any atom is -0.377 e. The highest BCUT2D eigenvalue weighted by molar-refractivity contribution is 7.17. The Morgan fingerprint density at radius 3 is 3.00 bits per heavy atom. The molecule has 1 unspecified atom stereocenters. The minimum absolute atomic E-state index is 0.0317. The number of morpholine rings is 1. The van der Waals surface area contributed by atoms with Gasteiger partial charge in [0.1, 0.15) is 6.04 Å². The summed E-state index contributed by atoms with van der Waals surface area (Å²) >= 11 is 1.40. The van der Waals surface area contributed by atoms with E-state index in [1.165, 1.54) is 11.3 Å². The smallest absolute Gasteiger partial charge is 0.245 e. The van der Waals surface area contributed by atoms with Crippen LogP contribution in [0.2, 0.25) is 0 Å². The van der Waals surface area contributed by atoms with Gasteiger partial charge in [0.2, 0.25) is 5.91 Å². The highest BCUT2D eigenvalue weighted by Gasteiger charge is 2.30. The van der Waals surface area contributed by atoms with E-state index in [4.69, 9.17) is 4.74 Å². The molecule has 104 valence electrons. The molecule has 0 radical (unpaired) electrons. The zero-order chi connectivity index (χ0) is 13.8. The van der Waals surface area contributed by atoms with E-state index in [-0.39, 0.29) is 18.0 Å². The first-order valence-electron chi connectivity index (χ1n) is 6.31. The molecule has 1 aromatic rings. The average molecular weight is 282 g/mol. The van der Waals surface area contributed by atoms with E-state index in [1.807, 2.05) is 24.8 Å². The summed E-state index contributed by atoms with van der Waals surface area (Å²) in [5.41, 5.74) is 0. The molecule has 6 heteroatoms. The second kappa shape index (κ2) is 6.16. The van der Waals surface area contributed by atoms with Crippen molar-refractivity contribution in [3.63, 3.8) is 0 Å². The van der Waals surface area contributed by atoms with Gasteiger partial charge in [0, 0.05) is 12.6 Å². The molecular weight excluding hydrogens is 264 g/mol. The van der Waals surface area contributed by atoms with Gasteiger partial charge in [-0.3, -0.25) is 9.59 Å². The fraction of sp³-hybridized carbons (Fsp3) is 0.538. The van der Waals surface area contributed by atoms with Gasteiger partial charge in [-0.15, -0.1) is 11.3 Å². The fourth-order valence-electron chi connectivity index (χ4n) is 2.03. The fourth-order valence-corrected chi connectivity index (χ4v) is 2.92. The lowest BCUT2D eigenvalue weighted by Crippen LogP contribution is -2.54. The third-order valence-corrected chi connectivity index (χ3v) is 3.92. The predicted molar refractivity (Wildman–Crippen MR) is 74.9 cm³/mol. The van der Waals surface area contributed by atoms with Crippen LogP contribution in [-0.4, -0.2) is 44.0 Å². The SMILES string of the molecule is CC(C)NC(=O)C1COCCN1c1ccc(C=O)s1. The molecule has 1 aliphatic heterocycles. The van der Waals surface area contributed by atoms with Crippen LogP contribution in [0.4, 0.5) is 5.00 Å². The van der Waals surface area contributed by atoms with Crippen LogP contribution in [0.15, 0.2) is 12.1 Å². The van der Waals surface area contributed by atoms with Crippen LogP contribution in [-0.2, 0) is 9.53 Å². The quantitative estimate of drug-likeness (QED) is 0.846. The Morgan fingerprint density at radius 2 is 2.37 bits per heavy atom. The van der Waals surface area contributed by atoms with Crippen LogP contribution in [0.5, 0.6) is 0 Å². The van der Waals surface area contributed by atoms with Crippen LogP contribution in [0.3, 0.4) is 0 Å². The van der Waals surface area contributed by atoms with E-state index in [0.29, 0.717) is 24.6 Å². The maximum absolute atomic E-state index is 12.2. The first-order valence-corrected chi connectivity index (χ1v) is 7.13. The number of amides is 1. The molecule has 0 aromatic carbocycles. The van der Waals surface area contributed by atoms with E-state index < -0.39 is 0 Å². The summed E-state index contributed by atoms with van der Waals surface area (Å²) < 4.78 is 5.40. The second-order valence-electron chi connectivity index (χ2n) is 4.74. The molecule has 0 bridgehead atoms. The van der Waals surface area contributed by atoms with E-state index in [0.717, 1.165) is 11.3 Å². The van der Waals surface area contributed by atoms with Gasteiger partial charge in [-0.1, -0.05) is 0 Å². The van der Waals surface area contributed by atoms with Crippen LogP contribution in [0, 0.1) is 0 Å². The molecule has 1 aliphatic rings. The van der Waals surface area contributed by atoms with E-state index in [9.17, 15) is 9.59 Å². The normalized spacial score (nSPS) is 19.5. The third-order valence-electron chi connectivity index (χ3n) is 2.87. The van der Waals surface area contributed by atoms with Crippen LogP contribution in [0.25, 0.3) is 0 Å². The monoisotopic (exact) mass is 282 g/mol. The number of thiophene rings is 1. The Labute approximate surface area is 116 Å². The molecule has 1 amide bonds. The molecule has 1 atom stereocenters. The number of rotatable bonds is 4. The van der Waals surface area contributed by atoms with E-state index in [2.05, 4.69) is 5.32 Å². The van der Waals surface area contributed by atoms with Crippen molar-refractivity contribution in [3.05, 3.63) is 17.0 Å². The maximum atomic E-state index is 12.2. The second-order valence-corrected chi connectivity index (χ2v) is 5.84. The lowest BCUT2D eigenvalue weighted by Gasteiger charge is -2.35. The average Bonchev–Trinajstić information content (AvgIpc) is 2.86. The largest absolute Gasteiger partial charge is 0.377 e. The zero-order valence-electron chi connectivity index (χ0n) is 11.1. The lowest BCUT2D eigenvalue weighted by molar-refractivity contribution is -0.125. The van der Waals surface area contributed by atoms with Crippen molar-refractivity contribution < 1.29 is 14.3 Å². The number of nitrogens with zero attached hydrogens (tertiary/aromatic N) is 1. The summed E-state index contributed by atoms with van der Waals surface area (Å²) in [6, 6.07) is 3.44. The van der Waals surface area contributed by atoms with Gasteiger partial charge < -0.3 is 15.0 Å². The lowest BCUT2D eigenvalue weighted by atomic mass is 10.2. The van der Waals surface area contributed by atoms with Gasteiger partial charge >= 0.3 is 0 Å². The summed E-state index contributed by atoms with van der Waals surface area (Å²) in [5, 5.41) is 3.85. The molecule has 1 fully saturated rings. The summed E-state index contributed by atoms with van der Waals surface area (Å²) in [6.45, 7) is 5.50. The molecular formula is C13H18N2O3S. The first-order chi connectivity index (χ1) is 9.11. The van der Waals surface area contributed by atoms with E-state index in [1.54, 1.807) is 6.07 Å². The van der Waals surface area contributed by atoms with Crippen molar-refractivity contribution in [2.45, 2.75) is 25.9 Å². The number of hydrogen-bond donors (Lipinski definition) is 1. The predicted octanol–water partition coefficient (Wildman–Crippen LogP) is 1.29. The summed E-state index contributed by atoms with van der Waals surface area (Å²) in [5.74, 6) is -0.0317. The van der Waals surface area contributed by atoms with Crippen molar-refractivity contribution in [1.29, 1.82) is 0 Å². The Kier molecular flexibility index (Phi) is 4.55. The van der Waals surface area contributed by atoms with Gasteiger partial charge in [-0.05, 0) is 26.0 Å². The Balaban J connectivity index is 2.15. The van der Waals surface area contributed by atoms with Crippen molar-refractivity contribution in [2.24, 2.45) is 0 Å². The van der Waals surface area contributed by atoms with Gasteiger partial charge in [-0.25, -0.2) is 0 Å². The highest BCUT2D eigenvalue weighted by atomic mass is 32.1. The molecule has 0 spiro atoms. The molecule has 2 heterocycles. The third kappa shape index (κ3) is 3.33. The number of carbonyl (C=O) groups is 2. The zero-order valence-corrected chi connectivity index (χ0v) is 11.9. The topological polar surface area (TPSA) is 58.6 Å². The summed E-state index contributed by atoms with van der Waals surface area (Å²) in [7, 11) is 0. The van der Waals surface area contributed by atoms with Crippen LogP contribution < -0.4 is 10.2 Å². The number of carbonyl (C=O) groups excluding carboxylic acids is 2. The molecule has 1 saturated heterocycles. The van der Waals surface area contributed by atoms with Gasteiger partial charge in [0.05, 0.1) is 23.1 Å².